The Morgan fingerprint density at radius 2 is 1.15 bits per heavy atom. The molecule has 8 heteroatoms. The minimum Gasteiger partial charge on any atom is -0.335 e. The number of fused-ring (bicyclic) bond motifs is 2. The van der Waals surface area contributed by atoms with Crippen LogP contribution in [0.1, 0.15) is 12.8 Å². The van der Waals surface area contributed by atoms with E-state index in [0.717, 1.165) is 0 Å². The largest absolute Gasteiger partial charge is 0.335 e. The number of imidazole rings is 2. The van der Waals surface area contributed by atoms with Crippen molar-refractivity contribution in [2.45, 2.75) is 12.8 Å². The summed E-state index contributed by atoms with van der Waals surface area (Å²) in [4.78, 5) is 42.6. The average molecular weight is 350 g/mol. The fraction of sp³-hybridized carbons (Fsp3) is 0.111. The topological polar surface area (TPSA) is 88.2 Å². The van der Waals surface area contributed by atoms with Gasteiger partial charge in [-0.2, -0.15) is 9.46 Å². The molecule has 0 radical (unpaired) electrons. The summed E-state index contributed by atoms with van der Waals surface area (Å²) < 4.78 is 2.57. The highest BCUT2D eigenvalue weighted by Gasteiger charge is 2.14. The molecule has 0 saturated heterocycles. The number of aromatic nitrogens is 4. The molecule has 130 valence electrons. The Balaban J connectivity index is 1.34. The Kier molecular flexibility index (Phi) is 4.06. The molecule has 0 bridgehead atoms. The van der Waals surface area contributed by atoms with Gasteiger partial charge in [0.25, 0.3) is 0 Å². The third-order valence-electron chi connectivity index (χ3n) is 3.78. The lowest BCUT2D eigenvalue weighted by Crippen LogP contribution is -2.23. The summed E-state index contributed by atoms with van der Waals surface area (Å²) in [5, 5.41) is 0. The molecule has 0 spiro atoms. The van der Waals surface area contributed by atoms with Crippen LogP contribution in [0.4, 0.5) is 0 Å². The maximum atomic E-state index is 12.0. The van der Waals surface area contributed by atoms with E-state index in [1.165, 1.54) is 22.1 Å². The molecule has 2 aromatic heterocycles. The van der Waals surface area contributed by atoms with Crippen molar-refractivity contribution in [1.29, 1.82) is 0 Å². The SMILES string of the molecule is O=C(CCC(=O)On1cnc2ccccc21)On1cnc2ccccc21. The quantitative estimate of drug-likeness (QED) is 0.545. The third kappa shape index (κ3) is 3.12. The molecule has 4 rings (SSSR count). The van der Waals surface area contributed by atoms with Crippen LogP contribution in [0, 0.1) is 0 Å². The van der Waals surface area contributed by atoms with Crippen LogP contribution < -0.4 is 9.68 Å². The minimum atomic E-state index is -0.555. The summed E-state index contributed by atoms with van der Waals surface area (Å²) in [6, 6.07) is 14.5. The molecule has 8 nitrogen and oxygen atoms in total. The van der Waals surface area contributed by atoms with Crippen molar-refractivity contribution in [1.82, 2.24) is 19.4 Å². The van der Waals surface area contributed by atoms with E-state index in [1.807, 2.05) is 36.4 Å². The fourth-order valence-corrected chi connectivity index (χ4v) is 2.53. The summed E-state index contributed by atoms with van der Waals surface area (Å²) in [5.74, 6) is -1.11. The van der Waals surface area contributed by atoms with E-state index >= 15 is 0 Å². The van der Waals surface area contributed by atoms with Gasteiger partial charge < -0.3 is 9.68 Å². The zero-order valence-corrected chi connectivity index (χ0v) is 13.6. The fourth-order valence-electron chi connectivity index (χ4n) is 2.53. The monoisotopic (exact) mass is 350 g/mol. The van der Waals surface area contributed by atoms with Gasteiger partial charge in [-0.05, 0) is 24.3 Å². The van der Waals surface area contributed by atoms with E-state index in [0.29, 0.717) is 22.1 Å². The lowest BCUT2D eigenvalue weighted by molar-refractivity contribution is -0.150. The predicted octanol–water partition coefficient (Wildman–Crippen LogP) is 1.78. The molecule has 0 fully saturated rings. The standard InChI is InChI=1S/C18H14N4O4/c23-17(25-21-11-19-13-5-1-3-7-15(13)21)9-10-18(24)26-22-12-20-14-6-2-4-8-16(14)22/h1-8,11-12H,9-10H2. The average Bonchev–Trinajstić information content (AvgIpc) is 3.25. The van der Waals surface area contributed by atoms with Gasteiger partial charge in [0.1, 0.15) is 23.7 Å². The van der Waals surface area contributed by atoms with Crippen molar-refractivity contribution < 1.29 is 19.3 Å². The number of hydrogen-bond donors (Lipinski definition) is 0. The van der Waals surface area contributed by atoms with Gasteiger partial charge in [-0.1, -0.05) is 24.3 Å². The molecule has 2 heterocycles. The molecule has 0 aliphatic carbocycles. The Labute approximate surface area is 147 Å². The highest BCUT2D eigenvalue weighted by atomic mass is 16.7. The van der Waals surface area contributed by atoms with E-state index in [2.05, 4.69) is 9.97 Å². The maximum absolute atomic E-state index is 12.0. The third-order valence-corrected chi connectivity index (χ3v) is 3.78. The van der Waals surface area contributed by atoms with Gasteiger partial charge in [0, 0.05) is 0 Å². The summed E-state index contributed by atoms with van der Waals surface area (Å²) in [6.07, 6.45) is 2.60. The summed E-state index contributed by atoms with van der Waals surface area (Å²) in [6.45, 7) is 0. The van der Waals surface area contributed by atoms with Gasteiger partial charge in [0.05, 0.1) is 23.9 Å². The van der Waals surface area contributed by atoms with Gasteiger partial charge in [0.15, 0.2) is 0 Å². The first-order chi connectivity index (χ1) is 12.7. The molecule has 0 N–H and O–H groups in total. The second kappa shape index (κ2) is 6.67. The zero-order chi connectivity index (χ0) is 17.9. The van der Waals surface area contributed by atoms with Gasteiger partial charge in [-0.25, -0.2) is 19.6 Å². The minimum absolute atomic E-state index is 0.113. The molecular formula is C18H14N4O4. The summed E-state index contributed by atoms with van der Waals surface area (Å²) in [5.41, 5.74) is 2.78. The van der Waals surface area contributed by atoms with Gasteiger partial charge in [0.2, 0.25) is 0 Å². The van der Waals surface area contributed by atoms with Crippen LogP contribution in [0.15, 0.2) is 61.2 Å². The smallest absolute Gasteiger partial charge is 0.333 e. The van der Waals surface area contributed by atoms with Crippen LogP contribution in [0.2, 0.25) is 0 Å². The molecule has 4 aromatic rings. The van der Waals surface area contributed by atoms with Crippen LogP contribution in [-0.4, -0.2) is 31.4 Å². The van der Waals surface area contributed by atoms with Gasteiger partial charge >= 0.3 is 11.9 Å². The number of carbonyl (C=O) groups is 2. The van der Waals surface area contributed by atoms with E-state index in [9.17, 15) is 9.59 Å². The molecule has 0 atom stereocenters. The van der Waals surface area contributed by atoms with Crippen molar-refractivity contribution >= 4 is 34.0 Å². The zero-order valence-electron chi connectivity index (χ0n) is 13.6. The van der Waals surface area contributed by atoms with E-state index < -0.39 is 11.9 Å². The number of hydrogen-bond acceptors (Lipinski definition) is 6. The molecule has 0 unspecified atom stereocenters. The molecule has 26 heavy (non-hydrogen) atoms. The first kappa shape index (κ1) is 15.8. The van der Waals surface area contributed by atoms with E-state index in [1.54, 1.807) is 12.1 Å². The van der Waals surface area contributed by atoms with Crippen LogP contribution in [0.3, 0.4) is 0 Å². The Bertz CT molecular complexity index is 1010. The number of rotatable bonds is 5. The Morgan fingerprint density at radius 1 is 0.731 bits per heavy atom. The number of carbonyl (C=O) groups excluding carboxylic acids is 2. The van der Waals surface area contributed by atoms with Gasteiger partial charge in [-0.15, -0.1) is 0 Å². The Morgan fingerprint density at radius 3 is 1.62 bits per heavy atom. The highest BCUT2D eigenvalue weighted by molar-refractivity contribution is 5.80. The van der Waals surface area contributed by atoms with E-state index in [-0.39, 0.29) is 12.8 Å². The second-order valence-corrected chi connectivity index (χ2v) is 5.54. The first-order valence-corrected chi connectivity index (χ1v) is 7.97. The van der Waals surface area contributed by atoms with Crippen LogP contribution in [0.25, 0.3) is 22.1 Å². The maximum Gasteiger partial charge on any atom is 0.333 e. The van der Waals surface area contributed by atoms with Crippen LogP contribution in [-0.2, 0) is 9.59 Å². The number of para-hydroxylation sites is 4. The lowest BCUT2D eigenvalue weighted by atomic mass is 10.3. The van der Waals surface area contributed by atoms with Gasteiger partial charge in [-0.3, -0.25) is 0 Å². The summed E-state index contributed by atoms with van der Waals surface area (Å²) >= 11 is 0. The molecule has 0 amide bonds. The molecule has 0 aliphatic rings. The molecular weight excluding hydrogens is 336 g/mol. The molecule has 0 saturated carbocycles. The Hall–Kier alpha value is -3.68. The molecule has 0 aliphatic heterocycles. The number of nitrogens with zero attached hydrogens (tertiary/aromatic N) is 4. The highest BCUT2D eigenvalue weighted by Crippen LogP contribution is 2.11. The predicted molar refractivity (Wildman–Crippen MR) is 91.9 cm³/mol. The van der Waals surface area contributed by atoms with Crippen molar-refractivity contribution in [3.8, 4) is 0 Å². The normalized spacial score (nSPS) is 10.9. The van der Waals surface area contributed by atoms with Crippen molar-refractivity contribution in [2.75, 3.05) is 0 Å². The lowest BCUT2D eigenvalue weighted by Gasteiger charge is -2.06. The van der Waals surface area contributed by atoms with Crippen molar-refractivity contribution in [2.24, 2.45) is 0 Å². The number of benzene rings is 2. The van der Waals surface area contributed by atoms with Crippen molar-refractivity contribution in [3.05, 3.63) is 61.2 Å². The second-order valence-electron chi connectivity index (χ2n) is 5.54. The summed E-state index contributed by atoms with van der Waals surface area (Å²) in [7, 11) is 0. The van der Waals surface area contributed by atoms with Crippen LogP contribution in [0.5, 0.6) is 0 Å². The molecule has 2 aromatic carbocycles. The van der Waals surface area contributed by atoms with E-state index in [4.69, 9.17) is 9.68 Å². The first-order valence-electron chi connectivity index (χ1n) is 7.97. The van der Waals surface area contributed by atoms with Crippen molar-refractivity contribution in [3.63, 3.8) is 0 Å². The van der Waals surface area contributed by atoms with Crippen LogP contribution >= 0.6 is 0 Å².